The Morgan fingerprint density at radius 2 is 2.21 bits per heavy atom. The summed E-state index contributed by atoms with van der Waals surface area (Å²) in [6, 6.07) is 4.34. The first-order chi connectivity index (χ1) is 11.4. The molecule has 1 aromatic heterocycles. The minimum absolute atomic E-state index is 0.350. The Labute approximate surface area is 151 Å². The van der Waals surface area contributed by atoms with E-state index in [2.05, 4.69) is 20.6 Å². The lowest BCUT2D eigenvalue weighted by atomic mass is 10.2. The number of benzene rings is 1. The van der Waals surface area contributed by atoms with Crippen LogP contribution in [0.25, 0.3) is 0 Å². The molecule has 0 aliphatic heterocycles. The molecule has 130 valence electrons. The van der Waals surface area contributed by atoms with E-state index in [9.17, 15) is 4.39 Å². The molecule has 0 saturated heterocycles. The van der Waals surface area contributed by atoms with E-state index in [1.807, 2.05) is 20.3 Å². The highest BCUT2D eigenvalue weighted by molar-refractivity contribution is 7.80. The largest absolute Gasteiger partial charge is 0.362 e. The molecule has 8 heteroatoms. The number of nitrogens with one attached hydrogen (secondary N) is 2. The molecule has 2 rings (SSSR count). The third-order valence-corrected chi connectivity index (χ3v) is 3.90. The first-order valence-corrected chi connectivity index (χ1v) is 8.38. The molecule has 1 heterocycles. The fourth-order valence-electron chi connectivity index (χ4n) is 2.11. The number of nitrogens with zero attached hydrogens (tertiary/aromatic N) is 3. The topological polar surface area (TPSA) is 45.1 Å². The van der Waals surface area contributed by atoms with Crippen LogP contribution in [-0.2, 0) is 6.54 Å². The van der Waals surface area contributed by atoms with Crippen LogP contribution in [0.2, 0.25) is 5.02 Å². The quantitative estimate of drug-likeness (QED) is 0.580. The maximum Gasteiger partial charge on any atom is 0.170 e. The fraction of sp³-hybridized carbons (Fsp3) is 0.375. The van der Waals surface area contributed by atoms with Crippen molar-refractivity contribution in [3.05, 3.63) is 47.0 Å². The number of thiocarbonyl (C=S) groups is 1. The van der Waals surface area contributed by atoms with Crippen molar-refractivity contribution in [2.75, 3.05) is 32.5 Å². The molecule has 0 aliphatic rings. The van der Waals surface area contributed by atoms with Crippen LogP contribution >= 0.6 is 23.8 Å². The molecule has 1 aromatic carbocycles. The Kier molecular flexibility index (Phi) is 6.96. The van der Waals surface area contributed by atoms with Gasteiger partial charge in [-0.2, -0.15) is 5.10 Å². The van der Waals surface area contributed by atoms with E-state index in [-0.39, 0.29) is 5.82 Å². The highest BCUT2D eigenvalue weighted by atomic mass is 35.5. The van der Waals surface area contributed by atoms with Crippen molar-refractivity contribution in [2.45, 2.75) is 13.0 Å². The lowest BCUT2D eigenvalue weighted by Gasteiger charge is -2.11. The molecule has 0 aliphatic carbocycles. The van der Waals surface area contributed by atoms with Gasteiger partial charge in [-0.05, 0) is 57.0 Å². The van der Waals surface area contributed by atoms with E-state index in [1.54, 1.807) is 16.9 Å². The van der Waals surface area contributed by atoms with Crippen molar-refractivity contribution in [1.29, 1.82) is 0 Å². The van der Waals surface area contributed by atoms with Gasteiger partial charge in [0.1, 0.15) is 5.82 Å². The molecule has 0 radical (unpaired) electrons. The average Bonchev–Trinajstić information content (AvgIpc) is 2.93. The monoisotopic (exact) mass is 369 g/mol. The van der Waals surface area contributed by atoms with Crippen LogP contribution in [0.4, 0.5) is 10.1 Å². The van der Waals surface area contributed by atoms with E-state index in [0.29, 0.717) is 16.7 Å². The molecule has 24 heavy (non-hydrogen) atoms. The number of hydrogen-bond acceptors (Lipinski definition) is 3. The SMILES string of the molecule is CN(C)CCCNC(=S)Nc1cnn(Cc2ccc(F)cc2Cl)c1. The standard InChI is InChI=1S/C16H21ClFN5S/c1-22(2)7-3-6-19-16(24)21-14-9-20-23(11-14)10-12-4-5-13(18)8-15(12)17/h4-5,8-9,11H,3,6-7,10H2,1-2H3,(H2,19,21,24). The maximum absolute atomic E-state index is 13.1. The van der Waals surface area contributed by atoms with Crippen molar-refractivity contribution < 1.29 is 4.39 Å². The lowest BCUT2D eigenvalue weighted by Crippen LogP contribution is -2.30. The van der Waals surface area contributed by atoms with Crippen molar-refractivity contribution in [1.82, 2.24) is 20.0 Å². The van der Waals surface area contributed by atoms with Gasteiger partial charge in [-0.25, -0.2) is 4.39 Å². The summed E-state index contributed by atoms with van der Waals surface area (Å²) >= 11 is 11.3. The number of aromatic nitrogens is 2. The Morgan fingerprint density at radius 3 is 2.92 bits per heavy atom. The van der Waals surface area contributed by atoms with Crippen LogP contribution in [0.1, 0.15) is 12.0 Å². The molecule has 2 N–H and O–H groups in total. The molecule has 0 bridgehead atoms. The van der Waals surface area contributed by atoms with Crippen molar-refractivity contribution in [3.8, 4) is 0 Å². The fourth-order valence-corrected chi connectivity index (χ4v) is 2.56. The highest BCUT2D eigenvalue weighted by Gasteiger charge is 2.05. The van der Waals surface area contributed by atoms with Gasteiger partial charge in [-0.3, -0.25) is 4.68 Å². The Hall–Kier alpha value is -1.70. The van der Waals surface area contributed by atoms with Gasteiger partial charge >= 0.3 is 0 Å². The highest BCUT2D eigenvalue weighted by Crippen LogP contribution is 2.18. The summed E-state index contributed by atoms with van der Waals surface area (Å²) in [6.45, 7) is 2.28. The van der Waals surface area contributed by atoms with Gasteiger partial charge < -0.3 is 15.5 Å². The van der Waals surface area contributed by atoms with Gasteiger partial charge in [0.2, 0.25) is 0 Å². The molecular formula is C16H21ClFN5S. The predicted molar refractivity (Wildman–Crippen MR) is 100 cm³/mol. The predicted octanol–water partition coefficient (Wildman–Crippen LogP) is 2.96. The Bertz CT molecular complexity index is 689. The van der Waals surface area contributed by atoms with Crippen LogP contribution in [0.5, 0.6) is 0 Å². The summed E-state index contributed by atoms with van der Waals surface area (Å²) in [4.78, 5) is 2.13. The smallest absolute Gasteiger partial charge is 0.170 e. The van der Waals surface area contributed by atoms with E-state index in [1.165, 1.54) is 12.1 Å². The van der Waals surface area contributed by atoms with Gasteiger partial charge in [0.15, 0.2) is 5.11 Å². The third-order valence-electron chi connectivity index (χ3n) is 3.31. The zero-order valence-electron chi connectivity index (χ0n) is 13.7. The number of rotatable bonds is 7. The second-order valence-corrected chi connectivity index (χ2v) is 6.52. The average molecular weight is 370 g/mol. The summed E-state index contributed by atoms with van der Waals surface area (Å²) in [5.41, 5.74) is 1.59. The molecule has 5 nitrogen and oxygen atoms in total. The minimum atomic E-state index is -0.350. The Balaban J connectivity index is 1.83. The van der Waals surface area contributed by atoms with Crippen molar-refractivity contribution >= 4 is 34.6 Å². The van der Waals surface area contributed by atoms with Gasteiger partial charge in [-0.15, -0.1) is 0 Å². The molecular weight excluding hydrogens is 349 g/mol. The normalized spacial score (nSPS) is 10.9. The van der Waals surface area contributed by atoms with Gasteiger partial charge in [0.05, 0.1) is 18.4 Å². The third kappa shape index (κ3) is 6.07. The summed E-state index contributed by atoms with van der Waals surface area (Å²) in [7, 11) is 4.08. The second-order valence-electron chi connectivity index (χ2n) is 5.70. The molecule has 0 atom stereocenters. The van der Waals surface area contributed by atoms with Gasteiger partial charge in [-0.1, -0.05) is 17.7 Å². The minimum Gasteiger partial charge on any atom is -0.362 e. The molecule has 0 spiro atoms. The van der Waals surface area contributed by atoms with E-state index >= 15 is 0 Å². The first-order valence-electron chi connectivity index (χ1n) is 7.60. The van der Waals surface area contributed by atoms with Crippen LogP contribution in [0, 0.1) is 5.82 Å². The van der Waals surface area contributed by atoms with Gasteiger partial charge in [0.25, 0.3) is 0 Å². The van der Waals surface area contributed by atoms with E-state index < -0.39 is 0 Å². The van der Waals surface area contributed by atoms with E-state index in [0.717, 1.165) is 30.8 Å². The van der Waals surface area contributed by atoms with Crippen LogP contribution in [0.15, 0.2) is 30.6 Å². The first kappa shape index (κ1) is 18.6. The van der Waals surface area contributed by atoms with Crippen LogP contribution in [-0.4, -0.2) is 47.0 Å². The molecule has 2 aromatic rings. The summed E-state index contributed by atoms with van der Waals surface area (Å²) in [6.07, 6.45) is 4.52. The molecule has 0 saturated carbocycles. The van der Waals surface area contributed by atoms with Crippen LogP contribution < -0.4 is 10.6 Å². The summed E-state index contributed by atoms with van der Waals surface area (Å²) in [5.74, 6) is -0.350. The van der Waals surface area contributed by atoms with Crippen molar-refractivity contribution in [2.24, 2.45) is 0 Å². The molecule has 0 fully saturated rings. The van der Waals surface area contributed by atoms with Gasteiger partial charge in [0, 0.05) is 17.8 Å². The second kappa shape index (κ2) is 8.96. The lowest BCUT2D eigenvalue weighted by molar-refractivity contribution is 0.400. The van der Waals surface area contributed by atoms with Crippen molar-refractivity contribution in [3.63, 3.8) is 0 Å². The molecule has 0 unspecified atom stereocenters. The summed E-state index contributed by atoms with van der Waals surface area (Å²) in [5, 5.41) is 11.5. The summed E-state index contributed by atoms with van der Waals surface area (Å²) < 4.78 is 14.8. The number of halogens is 2. The van der Waals surface area contributed by atoms with E-state index in [4.69, 9.17) is 23.8 Å². The molecule has 0 amide bonds. The number of anilines is 1. The maximum atomic E-state index is 13.1. The Morgan fingerprint density at radius 1 is 1.42 bits per heavy atom. The zero-order valence-corrected chi connectivity index (χ0v) is 15.3. The van der Waals surface area contributed by atoms with Crippen LogP contribution in [0.3, 0.4) is 0 Å². The number of hydrogen-bond donors (Lipinski definition) is 2. The zero-order chi connectivity index (χ0) is 17.5.